The first-order chi connectivity index (χ1) is 8.24. The summed E-state index contributed by atoms with van der Waals surface area (Å²) in [5, 5.41) is 2.86. The Morgan fingerprint density at radius 1 is 1.47 bits per heavy atom. The maximum absolute atomic E-state index is 6.23. The van der Waals surface area contributed by atoms with E-state index in [9.17, 15) is 0 Å². The van der Waals surface area contributed by atoms with Crippen molar-refractivity contribution in [2.45, 2.75) is 13.0 Å². The predicted octanol–water partition coefficient (Wildman–Crippen LogP) is 4.12. The van der Waals surface area contributed by atoms with Crippen LogP contribution in [0.25, 0.3) is 0 Å². The number of nitrogens with zero attached hydrogens (tertiary/aromatic N) is 2. The zero-order valence-electron chi connectivity index (χ0n) is 8.99. The fraction of sp³-hybridized carbons (Fsp3) is 0.250. The first kappa shape index (κ1) is 11.5. The van der Waals surface area contributed by atoms with Crippen molar-refractivity contribution in [3.63, 3.8) is 0 Å². The standard InChI is InChI=1S/C12H10BrClN2S/c13-9-5-10(14)12(15-6-9)16-3-1-11-8(7-16)2-4-17-11/h2,4-6H,1,3,7H2. The summed E-state index contributed by atoms with van der Waals surface area (Å²) in [6.07, 6.45) is 2.88. The van der Waals surface area contributed by atoms with E-state index in [4.69, 9.17) is 11.6 Å². The zero-order chi connectivity index (χ0) is 11.8. The van der Waals surface area contributed by atoms with Gasteiger partial charge < -0.3 is 4.90 Å². The number of aromatic nitrogens is 1. The molecule has 3 rings (SSSR count). The molecule has 0 unspecified atom stereocenters. The summed E-state index contributed by atoms with van der Waals surface area (Å²) in [6, 6.07) is 4.09. The molecule has 0 saturated carbocycles. The fourth-order valence-corrected chi connectivity index (χ4v) is 3.71. The average Bonchev–Trinajstić information content (AvgIpc) is 2.75. The molecule has 2 aromatic heterocycles. The lowest BCUT2D eigenvalue weighted by atomic mass is 10.1. The zero-order valence-corrected chi connectivity index (χ0v) is 12.1. The van der Waals surface area contributed by atoms with E-state index in [2.05, 4.69) is 37.3 Å². The molecule has 1 aliphatic rings. The van der Waals surface area contributed by atoms with Gasteiger partial charge in [-0.1, -0.05) is 11.6 Å². The number of rotatable bonds is 1. The van der Waals surface area contributed by atoms with E-state index < -0.39 is 0 Å². The van der Waals surface area contributed by atoms with E-state index >= 15 is 0 Å². The van der Waals surface area contributed by atoms with Crippen LogP contribution in [0, 0.1) is 0 Å². The van der Waals surface area contributed by atoms with Crippen molar-refractivity contribution in [1.29, 1.82) is 0 Å². The molecule has 0 amide bonds. The van der Waals surface area contributed by atoms with Crippen LogP contribution in [0.4, 0.5) is 5.82 Å². The van der Waals surface area contributed by atoms with Crippen LogP contribution in [0.5, 0.6) is 0 Å². The average molecular weight is 330 g/mol. The molecule has 0 bridgehead atoms. The normalized spacial score (nSPS) is 14.8. The minimum absolute atomic E-state index is 0.707. The molecule has 5 heteroatoms. The number of fused-ring (bicyclic) bond motifs is 1. The minimum Gasteiger partial charge on any atom is -0.351 e. The van der Waals surface area contributed by atoms with E-state index in [0.717, 1.165) is 29.8 Å². The van der Waals surface area contributed by atoms with Crippen molar-refractivity contribution in [1.82, 2.24) is 4.98 Å². The molecule has 88 valence electrons. The van der Waals surface area contributed by atoms with Crippen molar-refractivity contribution < 1.29 is 0 Å². The summed E-state index contributed by atoms with van der Waals surface area (Å²) in [4.78, 5) is 8.14. The van der Waals surface area contributed by atoms with Crippen molar-refractivity contribution >= 4 is 44.7 Å². The van der Waals surface area contributed by atoms with Crippen molar-refractivity contribution in [2.75, 3.05) is 11.4 Å². The minimum atomic E-state index is 0.707. The van der Waals surface area contributed by atoms with E-state index in [1.807, 2.05) is 17.4 Å². The van der Waals surface area contributed by atoms with Gasteiger partial charge in [0.15, 0.2) is 0 Å². The Labute approximate surface area is 117 Å². The Kier molecular flexibility index (Phi) is 3.11. The van der Waals surface area contributed by atoms with Crippen LogP contribution in [0.15, 0.2) is 28.2 Å². The Hall–Kier alpha value is -0.580. The molecule has 0 spiro atoms. The topological polar surface area (TPSA) is 16.1 Å². The summed E-state index contributed by atoms with van der Waals surface area (Å²) in [6.45, 7) is 1.90. The monoisotopic (exact) mass is 328 g/mol. The van der Waals surface area contributed by atoms with Crippen LogP contribution in [0.3, 0.4) is 0 Å². The van der Waals surface area contributed by atoms with Gasteiger partial charge in [-0.25, -0.2) is 4.98 Å². The highest BCUT2D eigenvalue weighted by Crippen LogP contribution is 2.31. The Morgan fingerprint density at radius 3 is 3.18 bits per heavy atom. The molecule has 0 aliphatic carbocycles. The summed E-state index contributed by atoms with van der Waals surface area (Å²) in [5.41, 5.74) is 1.40. The first-order valence-electron chi connectivity index (χ1n) is 5.35. The van der Waals surface area contributed by atoms with E-state index in [-0.39, 0.29) is 0 Å². The van der Waals surface area contributed by atoms with Crippen LogP contribution >= 0.6 is 38.9 Å². The van der Waals surface area contributed by atoms with Gasteiger partial charge in [0.1, 0.15) is 5.82 Å². The molecule has 0 atom stereocenters. The van der Waals surface area contributed by atoms with Crippen molar-refractivity contribution in [3.05, 3.63) is 43.6 Å². The summed E-state index contributed by atoms with van der Waals surface area (Å²) < 4.78 is 0.916. The van der Waals surface area contributed by atoms with E-state index in [0.29, 0.717) is 5.02 Å². The highest BCUT2D eigenvalue weighted by Gasteiger charge is 2.20. The second kappa shape index (κ2) is 4.59. The van der Waals surface area contributed by atoms with Gasteiger partial charge in [0.05, 0.1) is 5.02 Å². The van der Waals surface area contributed by atoms with Crippen LogP contribution in [-0.4, -0.2) is 11.5 Å². The molecule has 1 aliphatic heterocycles. The SMILES string of the molecule is Clc1cc(Br)cnc1N1CCc2sccc2C1. The lowest BCUT2D eigenvalue weighted by Crippen LogP contribution is -2.30. The van der Waals surface area contributed by atoms with Gasteiger partial charge in [0.25, 0.3) is 0 Å². The number of anilines is 1. The number of halogens is 2. The highest BCUT2D eigenvalue weighted by molar-refractivity contribution is 9.10. The number of hydrogen-bond donors (Lipinski definition) is 0. The molecule has 0 N–H and O–H groups in total. The van der Waals surface area contributed by atoms with Crippen LogP contribution in [0.1, 0.15) is 10.4 Å². The Morgan fingerprint density at radius 2 is 2.35 bits per heavy atom. The third kappa shape index (κ3) is 2.21. The molecule has 0 aromatic carbocycles. The maximum atomic E-state index is 6.23. The first-order valence-corrected chi connectivity index (χ1v) is 7.40. The van der Waals surface area contributed by atoms with E-state index in [1.54, 1.807) is 6.20 Å². The number of thiophene rings is 1. The molecular weight excluding hydrogens is 320 g/mol. The Bertz CT molecular complexity index is 555. The van der Waals surface area contributed by atoms with E-state index in [1.165, 1.54) is 10.4 Å². The second-order valence-electron chi connectivity index (χ2n) is 4.00. The predicted molar refractivity (Wildman–Crippen MR) is 76.0 cm³/mol. The quantitative estimate of drug-likeness (QED) is 0.782. The lowest BCUT2D eigenvalue weighted by molar-refractivity contribution is 0.732. The van der Waals surface area contributed by atoms with Crippen LogP contribution in [-0.2, 0) is 13.0 Å². The molecule has 2 nitrogen and oxygen atoms in total. The third-order valence-corrected chi connectivity index (χ3v) is 4.63. The molecule has 17 heavy (non-hydrogen) atoms. The maximum Gasteiger partial charge on any atom is 0.147 e. The molecule has 0 fully saturated rings. The van der Waals surface area contributed by atoms with Gasteiger partial charge in [0, 0.05) is 28.6 Å². The highest BCUT2D eigenvalue weighted by atomic mass is 79.9. The third-order valence-electron chi connectivity index (χ3n) is 2.90. The van der Waals surface area contributed by atoms with Gasteiger partial charge in [-0.3, -0.25) is 0 Å². The van der Waals surface area contributed by atoms with Gasteiger partial charge >= 0.3 is 0 Å². The number of hydrogen-bond acceptors (Lipinski definition) is 3. The van der Waals surface area contributed by atoms with Gasteiger partial charge in [-0.05, 0) is 45.4 Å². The Balaban J connectivity index is 1.91. The second-order valence-corrected chi connectivity index (χ2v) is 6.32. The summed E-state index contributed by atoms with van der Waals surface area (Å²) in [7, 11) is 0. The number of pyridine rings is 1. The molecule has 0 radical (unpaired) electrons. The molecule has 0 saturated heterocycles. The lowest BCUT2D eigenvalue weighted by Gasteiger charge is -2.28. The van der Waals surface area contributed by atoms with Crippen LogP contribution < -0.4 is 4.90 Å². The largest absolute Gasteiger partial charge is 0.351 e. The van der Waals surface area contributed by atoms with Crippen molar-refractivity contribution in [3.8, 4) is 0 Å². The molecule has 2 aromatic rings. The van der Waals surface area contributed by atoms with Gasteiger partial charge in [-0.15, -0.1) is 11.3 Å². The summed E-state index contributed by atoms with van der Waals surface area (Å²) >= 11 is 11.5. The van der Waals surface area contributed by atoms with Gasteiger partial charge in [0.2, 0.25) is 0 Å². The van der Waals surface area contributed by atoms with Crippen molar-refractivity contribution in [2.24, 2.45) is 0 Å². The fourth-order valence-electron chi connectivity index (χ4n) is 2.07. The summed E-state index contributed by atoms with van der Waals surface area (Å²) in [5.74, 6) is 0.881. The molecular formula is C12H10BrClN2S. The van der Waals surface area contributed by atoms with Gasteiger partial charge in [-0.2, -0.15) is 0 Å². The smallest absolute Gasteiger partial charge is 0.147 e. The van der Waals surface area contributed by atoms with Crippen LogP contribution in [0.2, 0.25) is 5.02 Å². The molecule has 3 heterocycles.